The summed E-state index contributed by atoms with van der Waals surface area (Å²) in [5, 5.41) is 18.5. The predicted molar refractivity (Wildman–Crippen MR) is 143 cm³/mol. The average Bonchev–Trinajstić information content (AvgIpc) is 3.54. The van der Waals surface area contributed by atoms with E-state index in [1.807, 2.05) is 37.8 Å². The zero-order valence-corrected chi connectivity index (χ0v) is 20.8. The molecule has 2 fully saturated rings. The minimum Gasteiger partial charge on any atom is -0.392 e. The normalized spacial score (nSPS) is 18.3. The molecule has 0 radical (unpaired) electrons. The van der Waals surface area contributed by atoms with Crippen molar-refractivity contribution in [3.05, 3.63) is 43.0 Å². The van der Waals surface area contributed by atoms with E-state index in [4.69, 9.17) is 4.98 Å². The van der Waals surface area contributed by atoms with Gasteiger partial charge >= 0.3 is 0 Å². The lowest BCUT2D eigenvalue weighted by molar-refractivity contribution is 0.183. The van der Waals surface area contributed by atoms with Crippen LogP contribution >= 0.6 is 0 Å². The van der Waals surface area contributed by atoms with Crippen molar-refractivity contribution in [1.29, 1.82) is 0 Å². The number of rotatable bonds is 7. The number of aliphatic hydroxyl groups is 1. The van der Waals surface area contributed by atoms with Gasteiger partial charge in [-0.3, -0.25) is 4.98 Å². The van der Waals surface area contributed by atoms with E-state index in [0.717, 1.165) is 59.4 Å². The number of nitrogens with zero attached hydrogens (tertiary/aromatic N) is 6. The lowest BCUT2D eigenvalue weighted by Gasteiger charge is -2.34. The molecule has 1 aliphatic carbocycles. The molecule has 4 aromatic rings. The van der Waals surface area contributed by atoms with Crippen molar-refractivity contribution in [2.24, 2.45) is 0 Å². The number of hydrogen-bond acceptors (Lipinski definition) is 8. The van der Waals surface area contributed by atoms with Gasteiger partial charge in [-0.2, -0.15) is 4.98 Å². The molecule has 1 saturated heterocycles. The minimum atomic E-state index is -0.306. The lowest BCUT2D eigenvalue weighted by Crippen LogP contribution is -2.44. The summed E-state index contributed by atoms with van der Waals surface area (Å²) in [7, 11) is 0. The van der Waals surface area contributed by atoms with Crippen molar-refractivity contribution in [3.63, 3.8) is 0 Å². The predicted octanol–water partition coefficient (Wildman–Crippen LogP) is 4.17. The number of anilines is 3. The molecule has 0 aromatic carbocycles. The van der Waals surface area contributed by atoms with Gasteiger partial charge in [-0.05, 0) is 50.8 Å². The highest BCUT2D eigenvalue weighted by atomic mass is 16.3. The van der Waals surface area contributed by atoms with Crippen molar-refractivity contribution in [3.8, 4) is 0 Å². The summed E-state index contributed by atoms with van der Waals surface area (Å²) < 4.78 is 2.37. The molecule has 6 rings (SSSR count). The Bertz CT molecular complexity index is 1320. The quantitative estimate of drug-likeness (QED) is 0.358. The Kier molecular flexibility index (Phi) is 6.41. The molecule has 1 atom stereocenters. The Balaban J connectivity index is 1.18. The first-order valence-electron chi connectivity index (χ1n) is 13.2. The van der Waals surface area contributed by atoms with Crippen molar-refractivity contribution in [2.45, 2.75) is 63.6 Å². The summed E-state index contributed by atoms with van der Waals surface area (Å²) in [6.45, 7) is 4.43. The third-order valence-electron chi connectivity index (χ3n) is 7.59. The van der Waals surface area contributed by atoms with E-state index in [1.165, 1.54) is 25.7 Å². The lowest BCUT2D eigenvalue weighted by atomic mass is 10.0. The molecule has 4 aromatic heterocycles. The SMILES string of the molecule is C[C@H](O)CNC1CCN(c2ccc(Nc3ncc4c5ccncc5n(C5CCCC5)c4n3)nc2)CC1. The first-order valence-corrected chi connectivity index (χ1v) is 13.2. The van der Waals surface area contributed by atoms with Gasteiger partial charge in [-0.25, -0.2) is 9.97 Å². The summed E-state index contributed by atoms with van der Waals surface area (Å²) in [6.07, 6.45) is 14.3. The number of piperidine rings is 1. The largest absolute Gasteiger partial charge is 0.392 e. The van der Waals surface area contributed by atoms with Gasteiger partial charge in [0.25, 0.3) is 0 Å². The van der Waals surface area contributed by atoms with Crippen LogP contribution in [0.3, 0.4) is 0 Å². The Morgan fingerprint density at radius 1 is 1.00 bits per heavy atom. The molecular formula is C27H34N8O. The second-order valence-electron chi connectivity index (χ2n) is 10.2. The molecule has 0 amide bonds. The van der Waals surface area contributed by atoms with Crippen LogP contribution in [0.25, 0.3) is 21.9 Å². The number of nitrogens with one attached hydrogen (secondary N) is 2. The van der Waals surface area contributed by atoms with E-state index in [2.05, 4.69) is 47.2 Å². The third kappa shape index (κ3) is 4.60. The second-order valence-corrected chi connectivity index (χ2v) is 10.2. The van der Waals surface area contributed by atoms with Gasteiger partial charge < -0.3 is 25.2 Å². The summed E-state index contributed by atoms with van der Waals surface area (Å²) in [5.41, 5.74) is 3.23. The zero-order chi connectivity index (χ0) is 24.5. The summed E-state index contributed by atoms with van der Waals surface area (Å²) >= 11 is 0. The maximum absolute atomic E-state index is 9.49. The molecule has 1 saturated carbocycles. The Hall–Kier alpha value is -3.30. The molecule has 5 heterocycles. The van der Waals surface area contributed by atoms with E-state index in [1.54, 1.807) is 0 Å². The molecule has 2 aliphatic rings. The first-order chi connectivity index (χ1) is 17.7. The van der Waals surface area contributed by atoms with Crippen LogP contribution in [-0.2, 0) is 0 Å². The fraction of sp³-hybridized carbons (Fsp3) is 0.481. The van der Waals surface area contributed by atoms with E-state index in [9.17, 15) is 5.11 Å². The Morgan fingerprint density at radius 3 is 2.58 bits per heavy atom. The van der Waals surface area contributed by atoms with Gasteiger partial charge in [-0.15, -0.1) is 0 Å². The van der Waals surface area contributed by atoms with Crippen molar-refractivity contribution < 1.29 is 5.11 Å². The molecule has 188 valence electrons. The van der Waals surface area contributed by atoms with Crippen LogP contribution < -0.4 is 15.5 Å². The average molecular weight is 487 g/mol. The maximum atomic E-state index is 9.49. The van der Waals surface area contributed by atoms with E-state index in [0.29, 0.717) is 24.6 Å². The van der Waals surface area contributed by atoms with Gasteiger partial charge in [0.2, 0.25) is 5.95 Å². The van der Waals surface area contributed by atoms with Crippen LogP contribution in [0.2, 0.25) is 0 Å². The Morgan fingerprint density at radius 2 is 1.83 bits per heavy atom. The van der Waals surface area contributed by atoms with Gasteiger partial charge in [-0.1, -0.05) is 12.8 Å². The minimum absolute atomic E-state index is 0.306. The van der Waals surface area contributed by atoms with Crippen LogP contribution in [-0.4, -0.2) is 61.4 Å². The number of fused-ring (bicyclic) bond motifs is 3. The standard InChI is InChI=1S/C27H34N8O/c1-18(36)14-29-19-9-12-34(13-10-19)21-6-7-25(30-15-21)32-27-31-16-23-22-8-11-28-17-24(22)35(26(23)33-27)20-4-2-3-5-20/h6-8,11,15-20,29,36H,2-5,9-10,12-14H2,1H3,(H,30,31,32,33)/t18-/m0/s1. The summed E-state index contributed by atoms with van der Waals surface area (Å²) in [5.74, 6) is 1.29. The smallest absolute Gasteiger partial charge is 0.230 e. The van der Waals surface area contributed by atoms with Gasteiger partial charge in [0.05, 0.1) is 29.7 Å². The van der Waals surface area contributed by atoms with Gasteiger partial charge in [0.1, 0.15) is 11.5 Å². The zero-order valence-electron chi connectivity index (χ0n) is 20.8. The van der Waals surface area contributed by atoms with Gasteiger partial charge in [0, 0.05) is 54.9 Å². The fourth-order valence-electron chi connectivity index (χ4n) is 5.70. The molecule has 1 aliphatic heterocycles. The van der Waals surface area contributed by atoms with Crippen molar-refractivity contribution in [1.82, 2.24) is 29.8 Å². The molecular weight excluding hydrogens is 452 g/mol. The maximum Gasteiger partial charge on any atom is 0.230 e. The molecule has 9 nitrogen and oxygen atoms in total. The molecule has 36 heavy (non-hydrogen) atoms. The summed E-state index contributed by atoms with van der Waals surface area (Å²) in [4.78, 5) is 21.0. The van der Waals surface area contributed by atoms with Gasteiger partial charge in [0.15, 0.2) is 0 Å². The third-order valence-corrected chi connectivity index (χ3v) is 7.59. The number of pyridine rings is 2. The number of aliphatic hydroxyl groups excluding tert-OH is 1. The molecule has 3 N–H and O–H groups in total. The van der Waals surface area contributed by atoms with Crippen LogP contribution in [0.15, 0.2) is 43.0 Å². The van der Waals surface area contributed by atoms with E-state index < -0.39 is 0 Å². The highest BCUT2D eigenvalue weighted by Gasteiger charge is 2.23. The molecule has 0 spiro atoms. The van der Waals surface area contributed by atoms with Crippen LogP contribution in [0.1, 0.15) is 51.5 Å². The van der Waals surface area contributed by atoms with Crippen LogP contribution in [0, 0.1) is 0 Å². The van der Waals surface area contributed by atoms with Crippen LogP contribution in [0.4, 0.5) is 17.5 Å². The summed E-state index contributed by atoms with van der Waals surface area (Å²) in [6, 6.07) is 7.09. The fourth-order valence-corrected chi connectivity index (χ4v) is 5.70. The second kappa shape index (κ2) is 9.99. The van der Waals surface area contributed by atoms with Crippen molar-refractivity contribution >= 4 is 39.4 Å². The highest BCUT2D eigenvalue weighted by molar-refractivity contribution is 6.06. The number of aromatic nitrogens is 5. The Labute approximate surface area is 211 Å². The highest BCUT2D eigenvalue weighted by Crippen LogP contribution is 2.37. The van der Waals surface area contributed by atoms with Crippen molar-refractivity contribution in [2.75, 3.05) is 29.9 Å². The van der Waals surface area contributed by atoms with E-state index in [-0.39, 0.29) is 6.10 Å². The number of hydrogen-bond donors (Lipinski definition) is 3. The topological polar surface area (TPSA) is 104 Å². The van der Waals surface area contributed by atoms with E-state index >= 15 is 0 Å². The van der Waals surface area contributed by atoms with Crippen LogP contribution in [0.5, 0.6) is 0 Å². The molecule has 0 unspecified atom stereocenters. The monoisotopic (exact) mass is 486 g/mol. The molecule has 9 heteroatoms. The first kappa shape index (κ1) is 23.1. The molecule has 0 bridgehead atoms.